The number of rotatable bonds is 4. The summed E-state index contributed by atoms with van der Waals surface area (Å²) in [6.45, 7) is 3.35. The summed E-state index contributed by atoms with van der Waals surface area (Å²) >= 11 is 5.55. The molecule has 2 N–H and O–H groups in total. The van der Waals surface area contributed by atoms with Gasteiger partial charge in [-0.2, -0.15) is 0 Å². The Bertz CT molecular complexity index is 476. The Morgan fingerprint density at radius 1 is 1.39 bits per heavy atom. The third-order valence-electron chi connectivity index (χ3n) is 2.40. The Labute approximate surface area is 109 Å². The lowest BCUT2D eigenvalue weighted by Gasteiger charge is -2.17. The minimum absolute atomic E-state index is 0.119. The number of hydrogen-bond acceptors (Lipinski definition) is 2. The number of nitrogens with one attached hydrogen (secondary N) is 1. The molecule has 6 heteroatoms. The second-order valence-corrected chi connectivity index (χ2v) is 4.57. The fourth-order valence-corrected chi connectivity index (χ4v) is 1.56. The number of aliphatic carboxylic acids is 1. The first-order chi connectivity index (χ1) is 8.32. The van der Waals surface area contributed by atoms with Crippen LogP contribution in [0.15, 0.2) is 18.2 Å². The zero-order valence-corrected chi connectivity index (χ0v) is 10.7. The number of carbonyl (C=O) groups is 2. The lowest BCUT2D eigenvalue weighted by molar-refractivity contribution is -0.140. The zero-order valence-electron chi connectivity index (χ0n) is 9.91. The van der Waals surface area contributed by atoms with E-state index in [-0.39, 0.29) is 16.5 Å². The van der Waals surface area contributed by atoms with Crippen molar-refractivity contribution in [3.8, 4) is 0 Å². The van der Waals surface area contributed by atoms with Gasteiger partial charge in [0.25, 0.3) is 5.91 Å². The van der Waals surface area contributed by atoms with Crippen LogP contribution < -0.4 is 5.32 Å². The quantitative estimate of drug-likeness (QED) is 0.885. The number of hydrogen-bond donors (Lipinski definition) is 2. The number of amides is 1. The number of carboxylic acid groups (broad SMARTS) is 1. The average Bonchev–Trinajstić information content (AvgIpc) is 2.28. The highest BCUT2D eigenvalue weighted by Crippen LogP contribution is 2.16. The predicted octanol–water partition coefficient (Wildman–Crippen LogP) is 2.32. The molecule has 98 valence electrons. The van der Waals surface area contributed by atoms with E-state index < -0.39 is 23.7 Å². The van der Waals surface area contributed by atoms with Gasteiger partial charge in [0.2, 0.25) is 0 Å². The van der Waals surface area contributed by atoms with Crippen LogP contribution >= 0.6 is 11.6 Å². The van der Waals surface area contributed by atoms with E-state index in [1.807, 2.05) is 0 Å². The zero-order chi connectivity index (χ0) is 13.9. The molecular formula is C12H13ClFNO3. The summed E-state index contributed by atoms with van der Waals surface area (Å²) in [7, 11) is 0. The van der Waals surface area contributed by atoms with Gasteiger partial charge in [-0.1, -0.05) is 25.4 Å². The molecule has 0 bridgehead atoms. The molecule has 0 saturated heterocycles. The fraction of sp³-hybridized carbons (Fsp3) is 0.333. The third-order valence-corrected chi connectivity index (χ3v) is 2.69. The highest BCUT2D eigenvalue weighted by atomic mass is 35.5. The Kier molecular flexibility index (Phi) is 4.67. The second-order valence-electron chi connectivity index (χ2n) is 4.16. The van der Waals surface area contributed by atoms with E-state index >= 15 is 0 Å². The molecule has 0 radical (unpaired) electrons. The number of carboxylic acids is 1. The molecule has 0 fully saturated rings. The molecule has 1 amide bonds. The molecule has 18 heavy (non-hydrogen) atoms. The van der Waals surface area contributed by atoms with Crippen LogP contribution in [0.25, 0.3) is 0 Å². The summed E-state index contributed by atoms with van der Waals surface area (Å²) in [4.78, 5) is 22.7. The minimum atomic E-state index is -1.12. The molecule has 0 saturated carbocycles. The van der Waals surface area contributed by atoms with E-state index in [0.29, 0.717) is 0 Å². The SMILES string of the molecule is CC(C)[C@@H](NC(=O)c1ccc(F)c(Cl)c1)C(=O)O. The summed E-state index contributed by atoms with van der Waals surface area (Å²) < 4.78 is 12.9. The van der Waals surface area contributed by atoms with Crippen molar-refractivity contribution in [2.45, 2.75) is 19.9 Å². The highest BCUT2D eigenvalue weighted by Gasteiger charge is 2.24. The first-order valence-corrected chi connectivity index (χ1v) is 5.69. The molecular weight excluding hydrogens is 261 g/mol. The number of benzene rings is 1. The van der Waals surface area contributed by atoms with Crippen molar-refractivity contribution in [1.82, 2.24) is 5.32 Å². The molecule has 0 aliphatic carbocycles. The minimum Gasteiger partial charge on any atom is -0.480 e. The molecule has 1 aromatic rings. The number of halogens is 2. The van der Waals surface area contributed by atoms with Crippen molar-refractivity contribution in [3.63, 3.8) is 0 Å². The molecule has 1 atom stereocenters. The molecule has 0 aliphatic heterocycles. The molecule has 0 aliphatic rings. The van der Waals surface area contributed by atoms with Crippen LogP contribution in [0.1, 0.15) is 24.2 Å². The van der Waals surface area contributed by atoms with E-state index in [0.717, 1.165) is 12.1 Å². The van der Waals surface area contributed by atoms with Crippen molar-refractivity contribution in [3.05, 3.63) is 34.6 Å². The van der Waals surface area contributed by atoms with Crippen molar-refractivity contribution >= 4 is 23.5 Å². The van der Waals surface area contributed by atoms with Crippen molar-refractivity contribution in [2.24, 2.45) is 5.92 Å². The first kappa shape index (κ1) is 14.4. The molecule has 0 unspecified atom stereocenters. The normalized spacial score (nSPS) is 12.3. The summed E-state index contributed by atoms with van der Waals surface area (Å²) in [5.74, 6) is -2.61. The van der Waals surface area contributed by atoms with Gasteiger partial charge in [-0.3, -0.25) is 4.79 Å². The maximum atomic E-state index is 12.9. The van der Waals surface area contributed by atoms with Crippen molar-refractivity contribution < 1.29 is 19.1 Å². The fourth-order valence-electron chi connectivity index (χ4n) is 1.38. The van der Waals surface area contributed by atoms with Crippen LogP contribution in [-0.2, 0) is 4.79 Å². The van der Waals surface area contributed by atoms with Crippen LogP contribution in [0.4, 0.5) is 4.39 Å². The summed E-state index contributed by atoms with van der Waals surface area (Å²) in [5, 5.41) is 11.1. The topological polar surface area (TPSA) is 66.4 Å². The highest BCUT2D eigenvalue weighted by molar-refractivity contribution is 6.31. The van der Waals surface area contributed by atoms with E-state index in [2.05, 4.69) is 5.32 Å². The maximum Gasteiger partial charge on any atom is 0.326 e. The van der Waals surface area contributed by atoms with Gasteiger partial charge in [-0.15, -0.1) is 0 Å². The standard InChI is InChI=1S/C12H13ClFNO3/c1-6(2)10(12(17)18)15-11(16)7-3-4-9(14)8(13)5-7/h3-6,10H,1-2H3,(H,15,16)(H,17,18)/t10-/m1/s1. The van der Waals surface area contributed by atoms with Gasteiger partial charge in [0.15, 0.2) is 0 Å². The lowest BCUT2D eigenvalue weighted by atomic mass is 10.0. The van der Waals surface area contributed by atoms with Crippen molar-refractivity contribution in [1.29, 1.82) is 0 Å². The van der Waals surface area contributed by atoms with Crippen LogP contribution in [0.3, 0.4) is 0 Å². The van der Waals surface area contributed by atoms with Gasteiger partial charge in [0.1, 0.15) is 11.9 Å². The van der Waals surface area contributed by atoms with E-state index in [1.54, 1.807) is 13.8 Å². The second kappa shape index (κ2) is 5.82. The van der Waals surface area contributed by atoms with Crippen LogP contribution in [-0.4, -0.2) is 23.0 Å². The predicted molar refractivity (Wildman–Crippen MR) is 65.1 cm³/mol. The van der Waals surface area contributed by atoms with E-state index in [4.69, 9.17) is 16.7 Å². The molecule has 0 heterocycles. The Morgan fingerprint density at radius 2 is 2.00 bits per heavy atom. The molecule has 1 aromatic carbocycles. The lowest BCUT2D eigenvalue weighted by Crippen LogP contribution is -2.44. The smallest absolute Gasteiger partial charge is 0.326 e. The third kappa shape index (κ3) is 3.43. The van der Waals surface area contributed by atoms with Crippen LogP contribution in [0.5, 0.6) is 0 Å². The average molecular weight is 274 g/mol. The summed E-state index contributed by atoms with van der Waals surface area (Å²) in [6.07, 6.45) is 0. The Hall–Kier alpha value is -1.62. The monoisotopic (exact) mass is 273 g/mol. The first-order valence-electron chi connectivity index (χ1n) is 5.31. The maximum absolute atomic E-state index is 12.9. The van der Waals surface area contributed by atoms with Gasteiger partial charge >= 0.3 is 5.97 Å². The van der Waals surface area contributed by atoms with Gasteiger partial charge in [-0.25, -0.2) is 9.18 Å². The van der Waals surface area contributed by atoms with E-state index in [1.165, 1.54) is 6.07 Å². The molecule has 4 nitrogen and oxygen atoms in total. The van der Waals surface area contributed by atoms with Gasteiger partial charge in [0, 0.05) is 5.56 Å². The molecule has 1 rings (SSSR count). The molecule has 0 spiro atoms. The van der Waals surface area contributed by atoms with E-state index in [9.17, 15) is 14.0 Å². The van der Waals surface area contributed by atoms with Gasteiger partial charge < -0.3 is 10.4 Å². The molecule has 0 aromatic heterocycles. The Balaban J connectivity index is 2.87. The summed E-state index contributed by atoms with van der Waals surface area (Å²) in [6, 6.07) is 2.46. The van der Waals surface area contributed by atoms with Crippen LogP contribution in [0.2, 0.25) is 5.02 Å². The van der Waals surface area contributed by atoms with Crippen LogP contribution in [0, 0.1) is 11.7 Å². The van der Waals surface area contributed by atoms with Gasteiger partial charge in [0.05, 0.1) is 5.02 Å². The van der Waals surface area contributed by atoms with Gasteiger partial charge in [-0.05, 0) is 24.1 Å². The number of carbonyl (C=O) groups excluding carboxylic acids is 1. The van der Waals surface area contributed by atoms with Crippen molar-refractivity contribution in [2.75, 3.05) is 0 Å². The summed E-state index contributed by atoms with van der Waals surface area (Å²) in [5.41, 5.74) is 0.119. The Morgan fingerprint density at radius 3 is 2.44 bits per heavy atom. The largest absolute Gasteiger partial charge is 0.480 e.